The molecule has 19 heavy (non-hydrogen) atoms. The smallest absolute Gasteiger partial charge is 0.323 e. The third kappa shape index (κ3) is 2.40. The van der Waals surface area contributed by atoms with Crippen molar-refractivity contribution in [3.05, 3.63) is 50.6 Å². The molecule has 1 aliphatic rings. The van der Waals surface area contributed by atoms with Crippen molar-refractivity contribution in [2.75, 3.05) is 11.9 Å². The van der Waals surface area contributed by atoms with Crippen molar-refractivity contribution in [1.82, 2.24) is 4.90 Å². The quantitative estimate of drug-likeness (QED) is 0.810. The normalized spacial score (nSPS) is 14.7. The zero-order valence-electron chi connectivity index (χ0n) is 10.5. The Labute approximate surface area is 124 Å². The van der Waals surface area contributed by atoms with Gasteiger partial charge in [0.25, 0.3) is 0 Å². The lowest BCUT2D eigenvalue weighted by molar-refractivity contribution is 0.210. The van der Waals surface area contributed by atoms with Gasteiger partial charge in [-0.25, -0.2) is 4.79 Å². The molecule has 0 spiro atoms. The lowest BCUT2D eigenvalue weighted by atomic mass is 10.1. The minimum Gasteiger partial charge on any atom is -0.323 e. The Hall–Kier alpha value is -1.33. The number of hydrogen-bond acceptors (Lipinski definition) is 2. The highest BCUT2D eigenvalue weighted by atomic mass is 79.9. The van der Waals surface area contributed by atoms with Crippen LogP contribution in [0.4, 0.5) is 10.5 Å². The van der Waals surface area contributed by atoms with E-state index in [1.54, 1.807) is 16.2 Å². The van der Waals surface area contributed by atoms with Crippen molar-refractivity contribution in [2.24, 2.45) is 0 Å². The summed E-state index contributed by atoms with van der Waals surface area (Å²) >= 11 is 5.11. The monoisotopic (exact) mass is 336 g/mol. The van der Waals surface area contributed by atoms with E-state index in [1.807, 2.05) is 35.5 Å². The highest BCUT2D eigenvalue weighted by Crippen LogP contribution is 2.30. The summed E-state index contributed by atoms with van der Waals surface area (Å²) < 4.78 is 1.07. The van der Waals surface area contributed by atoms with Gasteiger partial charge in [-0.2, -0.15) is 0 Å². The van der Waals surface area contributed by atoms with Crippen LogP contribution in [-0.2, 0) is 13.1 Å². The highest BCUT2D eigenvalue weighted by Gasteiger charge is 2.27. The van der Waals surface area contributed by atoms with Gasteiger partial charge in [0.2, 0.25) is 0 Å². The van der Waals surface area contributed by atoms with Crippen LogP contribution in [0.25, 0.3) is 0 Å². The lowest BCUT2D eigenvalue weighted by Gasteiger charge is -2.34. The van der Waals surface area contributed by atoms with Gasteiger partial charge in [0, 0.05) is 28.3 Å². The Kier molecular flexibility index (Phi) is 3.33. The first-order valence-electron chi connectivity index (χ1n) is 5.98. The maximum atomic E-state index is 12.3. The number of para-hydroxylation sites is 1. The van der Waals surface area contributed by atoms with Crippen molar-refractivity contribution in [3.63, 3.8) is 0 Å². The number of benzene rings is 1. The second-order valence-corrected chi connectivity index (χ2v) is 6.50. The van der Waals surface area contributed by atoms with Crippen LogP contribution < -0.4 is 4.90 Å². The minimum atomic E-state index is 0.0585. The minimum absolute atomic E-state index is 0.0585. The Morgan fingerprint density at radius 3 is 2.89 bits per heavy atom. The lowest BCUT2D eigenvalue weighted by Crippen LogP contribution is -2.44. The fraction of sp³-hybridized carbons (Fsp3) is 0.214. The van der Waals surface area contributed by atoms with E-state index in [4.69, 9.17) is 0 Å². The molecule has 0 N–H and O–H groups in total. The molecule has 0 radical (unpaired) electrons. The molecular weight excluding hydrogens is 324 g/mol. The summed E-state index contributed by atoms with van der Waals surface area (Å²) in [7, 11) is 1.84. The fourth-order valence-corrected chi connectivity index (χ4v) is 3.72. The van der Waals surface area contributed by atoms with Crippen LogP contribution in [0, 0.1) is 0 Å². The molecule has 98 valence electrons. The maximum absolute atomic E-state index is 12.3. The summed E-state index contributed by atoms with van der Waals surface area (Å²) in [5.74, 6) is 0. The van der Waals surface area contributed by atoms with Gasteiger partial charge in [0.15, 0.2) is 0 Å². The van der Waals surface area contributed by atoms with E-state index >= 15 is 0 Å². The Morgan fingerprint density at radius 2 is 2.16 bits per heavy atom. The number of hydrogen-bond donors (Lipinski definition) is 0. The van der Waals surface area contributed by atoms with Gasteiger partial charge in [-0.05, 0) is 33.6 Å². The molecule has 1 aromatic carbocycles. The molecule has 2 heterocycles. The maximum Gasteiger partial charge on any atom is 0.324 e. The van der Waals surface area contributed by atoms with Crippen LogP contribution in [0.3, 0.4) is 0 Å². The number of amides is 2. The first-order chi connectivity index (χ1) is 9.15. The van der Waals surface area contributed by atoms with Gasteiger partial charge in [-0.1, -0.05) is 18.2 Å². The van der Waals surface area contributed by atoms with Crippen LogP contribution in [0.5, 0.6) is 0 Å². The number of thiophene rings is 1. The summed E-state index contributed by atoms with van der Waals surface area (Å²) in [6.45, 7) is 1.30. The van der Waals surface area contributed by atoms with Gasteiger partial charge in [0.1, 0.15) is 0 Å². The fourth-order valence-electron chi connectivity index (χ4n) is 2.29. The van der Waals surface area contributed by atoms with Gasteiger partial charge in [-0.15, -0.1) is 11.3 Å². The van der Waals surface area contributed by atoms with E-state index in [0.29, 0.717) is 13.1 Å². The number of nitrogens with zero attached hydrogens (tertiary/aromatic N) is 2. The molecule has 0 unspecified atom stereocenters. The van der Waals surface area contributed by atoms with Gasteiger partial charge in [0.05, 0.1) is 12.2 Å². The van der Waals surface area contributed by atoms with Gasteiger partial charge in [-0.3, -0.25) is 4.90 Å². The number of carbonyl (C=O) groups is 1. The molecule has 0 aliphatic carbocycles. The number of carbonyl (C=O) groups excluding carboxylic acids is 1. The van der Waals surface area contributed by atoms with Crippen LogP contribution in [0.15, 0.2) is 40.2 Å². The molecule has 0 saturated carbocycles. The second-order valence-electron chi connectivity index (χ2n) is 4.58. The number of anilines is 1. The Morgan fingerprint density at radius 1 is 1.37 bits per heavy atom. The second kappa shape index (κ2) is 4.98. The average molecular weight is 337 g/mol. The van der Waals surface area contributed by atoms with Crippen molar-refractivity contribution in [3.8, 4) is 0 Å². The van der Waals surface area contributed by atoms with Gasteiger partial charge >= 0.3 is 6.03 Å². The van der Waals surface area contributed by atoms with Gasteiger partial charge < -0.3 is 4.90 Å². The predicted octanol–water partition coefficient (Wildman–Crippen LogP) is 4.08. The zero-order valence-corrected chi connectivity index (χ0v) is 12.9. The van der Waals surface area contributed by atoms with E-state index in [0.717, 1.165) is 10.2 Å². The highest BCUT2D eigenvalue weighted by molar-refractivity contribution is 9.10. The van der Waals surface area contributed by atoms with Crippen molar-refractivity contribution >= 4 is 39.0 Å². The molecule has 3 rings (SSSR count). The molecule has 5 heteroatoms. The molecule has 0 bridgehead atoms. The third-order valence-corrected chi connectivity index (χ3v) is 4.87. The van der Waals surface area contributed by atoms with E-state index in [1.165, 1.54) is 10.4 Å². The first-order valence-corrected chi connectivity index (χ1v) is 7.66. The predicted molar refractivity (Wildman–Crippen MR) is 81.5 cm³/mol. The average Bonchev–Trinajstić information content (AvgIpc) is 2.80. The number of halogens is 1. The molecule has 0 fully saturated rings. The van der Waals surface area contributed by atoms with Crippen molar-refractivity contribution in [2.45, 2.75) is 13.1 Å². The number of rotatable bonds is 2. The van der Waals surface area contributed by atoms with Crippen LogP contribution in [-0.4, -0.2) is 18.0 Å². The van der Waals surface area contributed by atoms with Crippen molar-refractivity contribution < 1.29 is 4.79 Å². The van der Waals surface area contributed by atoms with Crippen LogP contribution in [0.2, 0.25) is 0 Å². The van der Waals surface area contributed by atoms with E-state index in [-0.39, 0.29) is 6.03 Å². The molecular formula is C14H13BrN2OS. The summed E-state index contributed by atoms with van der Waals surface area (Å²) in [6, 6.07) is 10.2. The van der Waals surface area contributed by atoms with Crippen LogP contribution >= 0.6 is 27.3 Å². The van der Waals surface area contributed by atoms with Crippen molar-refractivity contribution in [1.29, 1.82) is 0 Å². The SMILES string of the molecule is CN1Cc2ccccc2N(Cc2cc(Br)cs2)C1=O. The van der Waals surface area contributed by atoms with E-state index < -0.39 is 0 Å². The topological polar surface area (TPSA) is 23.6 Å². The van der Waals surface area contributed by atoms with Crippen LogP contribution in [0.1, 0.15) is 10.4 Å². The molecule has 3 nitrogen and oxygen atoms in total. The first kappa shape index (κ1) is 12.7. The Bertz CT molecular complexity index is 625. The third-order valence-electron chi connectivity index (χ3n) is 3.18. The molecule has 2 amide bonds. The Balaban J connectivity index is 1.96. The number of urea groups is 1. The molecule has 2 aromatic rings. The summed E-state index contributed by atoms with van der Waals surface area (Å²) in [4.78, 5) is 17.1. The number of fused-ring (bicyclic) bond motifs is 1. The standard InChI is InChI=1S/C14H13BrN2OS/c1-16-7-10-4-2-3-5-13(10)17(14(16)18)8-12-6-11(15)9-19-12/h2-6,9H,7-8H2,1H3. The molecule has 1 aliphatic heterocycles. The zero-order chi connectivity index (χ0) is 13.4. The summed E-state index contributed by atoms with van der Waals surface area (Å²) in [5.41, 5.74) is 2.22. The van der Waals surface area contributed by atoms with E-state index in [9.17, 15) is 4.79 Å². The summed E-state index contributed by atoms with van der Waals surface area (Å²) in [5, 5.41) is 2.04. The summed E-state index contributed by atoms with van der Waals surface area (Å²) in [6.07, 6.45) is 0. The largest absolute Gasteiger partial charge is 0.324 e. The molecule has 0 atom stereocenters. The molecule has 0 saturated heterocycles. The van der Waals surface area contributed by atoms with E-state index in [2.05, 4.69) is 28.1 Å². The molecule has 1 aromatic heterocycles.